The fourth-order valence-corrected chi connectivity index (χ4v) is 5.36. The molecule has 0 aliphatic rings. The van der Waals surface area contributed by atoms with E-state index in [0.29, 0.717) is 23.9 Å². The van der Waals surface area contributed by atoms with Gasteiger partial charge in [0.25, 0.3) is 0 Å². The quantitative estimate of drug-likeness (QED) is 0.0212. The first-order valence-electron chi connectivity index (χ1n) is 19.8. The minimum absolute atomic E-state index is 0.149. The van der Waals surface area contributed by atoms with Crippen LogP contribution >= 0.6 is 0 Å². The van der Waals surface area contributed by atoms with Gasteiger partial charge in [-0.15, -0.1) is 0 Å². The van der Waals surface area contributed by atoms with Crippen molar-refractivity contribution in [2.45, 2.75) is 180 Å². The Hall–Kier alpha value is -1.97. The number of hydrogen-bond acceptors (Lipinski definition) is 8. The van der Waals surface area contributed by atoms with E-state index in [1.54, 1.807) is 0 Å². The van der Waals surface area contributed by atoms with Crippen LogP contribution in [0.25, 0.3) is 0 Å². The third-order valence-electron chi connectivity index (χ3n) is 8.49. The molecule has 9 heteroatoms. The zero-order valence-corrected chi connectivity index (χ0v) is 32.3. The lowest BCUT2D eigenvalue weighted by Crippen LogP contribution is -2.44. The molecule has 49 heavy (non-hydrogen) atoms. The highest BCUT2D eigenvalue weighted by atomic mass is 16.7. The zero-order chi connectivity index (χ0) is 36.4. The molecule has 0 N–H and O–H groups in total. The molecule has 0 fully saturated rings. The third kappa shape index (κ3) is 34.3. The first kappa shape index (κ1) is 47.0. The van der Waals surface area contributed by atoms with Gasteiger partial charge in [-0.1, -0.05) is 135 Å². The van der Waals surface area contributed by atoms with E-state index in [9.17, 15) is 19.5 Å². The second-order valence-electron chi connectivity index (χ2n) is 14.6. The Morgan fingerprint density at radius 3 is 1.59 bits per heavy atom. The van der Waals surface area contributed by atoms with Gasteiger partial charge in [0.05, 0.1) is 40.3 Å². The number of hydrogen-bond donors (Lipinski definition) is 0. The van der Waals surface area contributed by atoms with Crippen LogP contribution in [0.1, 0.15) is 168 Å². The standard InChI is InChI=1S/C40H75NO8/c1-6-8-10-12-14-16-18-19-20-21-23-24-26-28-30-37(42)47-34-36(35-48-40(39(44)45)46-33-32-41(3,4)5)49-38(43)31-29-27-25-22-17-15-13-11-9-7-2/h11,13,36,40H,6-10,12,14-35H2,1-5H3/b13-11-. The number of carbonyl (C=O) groups excluding carboxylic acids is 3. The largest absolute Gasteiger partial charge is 0.545 e. The molecule has 0 rings (SSSR count). The molecule has 0 aliphatic heterocycles. The molecule has 0 heterocycles. The smallest absolute Gasteiger partial charge is 0.306 e. The molecule has 0 radical (unpaired) electrons. The molecule has 0 aromatic rings. The van der Waals surface area contributed by atoms with Crippen LogP contribution in [-0.2, 0) is 33.3 Å². The monoisotopic (exact) mass is 698 g/mol. The average molecular weight is 698 g/mol. The van der Waals surface area contributed by atoms with Gasteiger partial charge in [-0.25, -0.2) is 0 Å². The predicted molar refractivity (Wildman–Crippen MR) is 196 cm³/mol. The number of esters is 2. The maximum Gasteiger partial charge on any atom is 0.306 e. The summed E-state index contributed by atoms with van der Waals surface area (Å²) in [6, 6.07) is 0. The Kier molecular flexibility index (Phi) is 31.9. The Morgan fingerprint density at radius 1 is 0.592 bits per heavy atom. The van der Waals surface area contributed by atoms with Crippen molar-refractivity contribution in [3.8, 4) is 0 Å². The van der Waals surface area contributed by atoms with Crippen LogP contribution in [0.4, 0.5) is 0 Å². The van der Waals surface area contributed by atoms with E-state index in [1.165, 1.54) is 77.0 Å². The SMILES string of the molecule is CCC/C=C\CCCCCCCC(=O)OC(COC(=O)CCCCCCCCCCCCCCCC)COC(OCC[N+](C)(C)C)C(=O)[O-]. The first-order valence-corrected chi connectivity index (χ1v) is 19.8. The fraction of sp³-hybridized carbons (Fsp3) is 0.875. The average Bonchev–Trinajstić information content (AvgIpc) is 3.05. The summed E-state index contributed by atoms with van der Waals surface area (Å²) >= 11 is 0. The molecule has 0 amide bonds. The van der Waals surface area contributed by atoms with Crippen molar-refractivity contribution in [2.75, 3.05) is 47.5 Å². The zero-order valence-electron chi connectivity index (χ0n) is 32.3. The van der Waals surface area contributed by atoms with E-state index in [0.717, 1.165) is 57.8 Å². The molecule has 0 bridgehead atoms. The van der Waals surface area contributed by atoms with E-state index < -0.39 is 24.3 Å². The molecule has 0 saturated heterocycles. The van der Waals surface area contributed by atoms with Crippen LogP contribution in [0.2, 0.25) is 0 Å². The number of ether oxygens (including phenoxy) is 4. The normalized spacial score (nSPS) is 13.1. The number of rotatable bonds is 36. The summed E-state index contributed by atoms with van der Waals surface area (Å²) in [4.78, 5) is 36.7. The van der Waals surface area contributed by atoms with Crippen LogP contribution in [0.3, 0.4) is 0 Å². The van der Waals surface area contributed by atoms with Crippen molar-refractivity contribution in [3.05, 3.63) is 12.2 Å². The molecule has 0 spiro atoms. The number of aliphatic carboxylic acids is 1. The van der Waals surface area contributed by atoms with E-state index in [1.807, 2.05) is 21.1 Å². The third-order valence-corrected chi connectivity index (χ3v) is 8.49. The number of likely N-dealkylation sites (N-methyl/N-ethyl adjacent to an activating group) is 1. The summed E-state index contributed by atoms with van der Waals surface area (Å²) in [6.45, 7) is 4.66. The van der Waals surface area contributed by atoms with E-state index in [2.05, 4.69) is 26.0 Å². The molecule has 288 valence electrons. The summed E-state index contributed by atoms with van der Waals surface area (Å²) in [7, 11) is 5.90. The Morgan fingerprint density at radius 2 is 1.08 bits per heavy atom. The Balaban J connectivity index is 4.48. The van der Waals surface area contributed by atoms with Gasteiger partial charge in [-0.05, 0) is 32.1 Å². The second kappa shape index (κ2) is 33.2. The molecule has 0 aromatic heterocycles. The van der Waals surface area contributed by atoms with Crippen molar-refractivity contribution in [3.63, 3.8) is 0 Å². The van der Waals surface area contributed by atoms with E-state index in [-0.39, 0.29) is 32.2 Å². The summed E-state index contributed by atoms with van der Waals surface area (Å²) in [5.41, 5.74) is 0. The highest BCUT2D eigenvalue weighted by Crippen LogP contribution is 2.14. The second-order valence-corrected chi connectivity index (χ2v) is 14.6. The highest BCUT2D eigenvalue weighted by molar-refractivity contribution is 5.70. The number of unbranched alkanes of at least 4 members (excludes halogenated alkanes) is 19. The van der Waals surface area contributed by atoms with Crippen molar-refractivity contribution >= 4 is 17.9 Å². The van der Waals surface area contributed by atoms with Crippen LogP contribution in [0, 0.1) is 0 Å². The number of nitrogens with zero attached hydrogens (tertiary/aromatic N) is 1. The molecular weight excluding hydrogens is 622 g/mol. The van der Waals surface area contributed by atoms with Crippen LogP contribution in [0.5, 0.6) is 0 Å². The summed E-state index contributed by atoms with van der Waals surface area (Å²) < 4.78 is 22.4. The van der Waals surface area contributed by atoms with Crippen molar-refractivity contribution < 1.29 is 42.9 Å². The minimum atomic E-state index is -1.61. The van der Waals surface area contributed by atoms with Gasteiger partial charge in [0, 0.05) is 12.8 Å². The predicted octanol–water partition coefficient (Wildman–Crippen LogP) is 8.22. The van der Waals surface area contributed by atoms with Gasteiger partial charge in [0.1, 0.15) is 13.2 Å². The van der Waals surface area contributed by atoms with Crippen molar-refractivity contribution in [1.29, 1.82) is 0 Å². The molecule has 0 saturated carbocycles. The molecule has 2 unspecified atom stereocenters. The topological polar surface area (TPSA) is 111 Å². The van der Waals surface area contributed by atoms with Crippen LogP contribution < -0.4 is 5.11 Å². The van der Waals surface area contributed by atoms with Crippen molar-refractivity contribution in [1.82, 2.24) is 0 Å². The van der Waals surface area contributed by atoms with Gasteiger partial charge in [-0.2, -0.15) is 0 Å². The van der Waals surface area contributed by atoms with Gasteiger partial charge in [-0.3, -0.25) is 9.59 Å². The lowest BCUT2D eigenvalue weighted by atomic mass is 10.0. The Labute approximate surface area is 300 Å². The lowest BCUT2D eigenvalue weighted by Gasteiger charge is -2.26. The molecule has 9 nitrogen and oxygen atoms in total. The number of quaternary nitrogens is 1. The molecule has 2 atom stereocenters. The molecule has 0 aromatic carbocycles. The maximum atomic E-state index is 12.6. The summed E-state index contributed by atoms with van der Waals surface area (Å²) in [6.07, 6.45) is 28.2. The van der Waals surface area contributed by atoms with Crippen molar-refractivity contribution in [2.24, 2.45) is 0 Å². The first-order chi connectivity index (χ1) is 23.6. The van der Waals surface area contributed by atoms with E-state index in [4.69, 9.17) is 18.9 Å². The number of carbonyl (C=O) groups is 3. The number of allylic oxidation sites excluding steroid dienone is 2. The highest BCUT2D eigenvalue weighted by Gasteiger charge is 2.21. The van der Waals surface area contributed by atoms with Gasteiger partial charge in [0.2, 0.25) is 0 Å². The van der Waals surface area contributed by atoms with Crippen LogP contribution in [0.15, 0.2) is 12.2 Å². The van der Waals surface area contributed by atoms with Gasteiger partial charge in [0.15, 0.2) is 12.4 Å². The number of carboxylic acid groups (broad SMARTS) is 1. The van der Waals surface area contributed by atoms with Gasteiger partial charge >= 0.3 is 11.9 Å². The minimum Gasteiger partial charge on any atom is -0.545 e. The lowest BCUT2D eigenvalue weighted by molar-refractivity contribution is -0.870. The maximum absolute atomic E-state index is 12.6. The number of carboxylic acids is 1. The van der Waals surface area contributed by atoms with Gasteiger partial charge < -0.3 is 33.3 Å². The van der Waals surface area contributed by atoms with E-state index >= 15 is 0 Å². The molecule has 0 aliphatic carbocycles. The fourth-order valence-electron chi connectivity index (χ4n) is 5.36. The molecular formula is C40H75NO8. The Bertz CT molecular complexity index is 826. The summed E-state index contributed by atoms with van der Waals surface area (Å²) in [5.74, 6) is -2.29. The summed E-state index contributed by atoms with van der Waals surface area (Å²) in [5, 5.41) is 11.6. The van der Waals surface area contributed by atoms with Crippen LogP contribution in [-0.4, -0.2) is 82.3 Å².